The summed E-state index contributed by atoms with van der Waals surface area (Å²) in [5.41, 5.74) is 1.15. The molecule has 1 heterocycles. The fraction of sp³-hybridized carbons (Fsp3) is 0.939. The van der Waals surface area contributed by atoms with E-state index in [0.29, 0.717) is 5.41 Å². The SMILES string of the molecule is CC(C)CCC[C@@H](C)[C@H]1CCC2C3CC=C4CC(OC(O)[C@H]5OC(S)[C@H](O)[C@@H](O)[C@H]5O)CC[C@]4(C)C3CC[C@@]21C. The number of hydrogen-bond donors (Lipinski definition) is 5. The highest BCUT2D eigenvalue weighted by molar-refractivity contribution is 7.80. The molecule has 0 radical (unpaired) electrons. The quantitative estimate of drug-likeness (QED) is 0.148. The topological polar surface area (TPSA) is 99.4 Å². The third-order valence-corrected chi connectivity index (χ3v) is 12.9. The van der Waals surface area contributed by atoms with Gasteiger partial charge in [-0.25, -0.2) is 0 Å². The molecule has 0 spiro atoms. The first-order valence-electron chi connectivity index (χ1n) is 16.3. The van der Waals surface area contributed by atoms with Crippen molar-refractivity contribution in [2.75, 3.05) is 0 Å². The van der Waals surface area contributed by atoms with E-state index in [4.69, 9.17) is 9.47 Å². The number of fused-ring (bicyclic) bond motifs is 5. The van der Waals surface area contributed by atoms with Crippen molar-refractivity contribution < 1.29 is 29.9 Å². The molecule has 4 N–H and O–H groups in total. The van der Waals surface area contributed by atoms with Crippen LogP contribution in [-0.4, -0.2) is 62.7 Å². The molecule has 4 aliphatic carbocycles. The Labute approximate surface area is 247 Å². The fourth-order valence-electron chi connectivity index (χ4n) is 10.2. The summed E-state index contributed by atoms with van der Waals surface area (Å²) < 4.78 is 11.5. The van der Waals surface area contributed by atoms with E-state index >= 15 is 0 Å². The van der Waals surface area contributed by atoms with Crippen LogP contribution in [0.25, 0.3) is 0 Å². The first-order valence-corrected chi connectivity index (χ1v) is 16.8. The van der Waals surface area contributed by atoms with Crippen LogP contribution < -0.4 is 0 Å². The van der Waals surface area contributed by atoms with Gasteiger partial charge in [0.05, 0.1) is 6.10 Å². The van der Waals surface area contributed by atoms with Crippen LogP contribution in [0.2, 0.25) is 0 Å². The maximum absolute atomic E-state index is 10.8. The summed E-state index contributed by atoms with van der Waals surface area (Å²) in [6.07, 6.45) is 9.01. The largest absolute Gasteiger partial charge is 0.387 e. The molecule has 0 aromatic carbocycles. The zero-order chi connectivity index (χ0) is 29.0. The zero-order valence-electron chi connectivity index (χ0n) is 25.4. The monoisotopic (exact) mass is 580 g/mol. The smallest absolute Gasteiger partial charge is 0.184 e. The van der Waals surface area contributed by atoms with Gasteiger partial charge in [-0.3, -0.25) is 0 Å². The summed E-state index contributed by atoms with van der Waals surface area (Å²) in [6.45, 7) is 12.4. The molecule has 0 aromatic rings. The maximum atomic E-state index is 10.8. The average molecular weight is 581 g/mol. The number of rotatable bonds is 8. The van der Waals surface area contributed by atoms with Gasteiger partial charge in [-0.15, -0.1) is 12.6 Å². The summed E-state index contributed by atoms with van der Waals surface area (Å²) >= 11 is 4.14. The molecule has 0 amide bonds. The second-order valence-electron chi connectivity index (χ2n) is 15.1. The molecular formula is C33H56O6S. The molecular weight excluding hydrogens is 524 g/mol. The van der Waals surface area contributed by atoms with Gasteiger partial charge in [-0.2, -0.15) is 0 Å². The lowest BCUT2D eigenvalue weighted by molar-refractivity contribution is -0.277. The van der Waals surface area contributed by atoms with E-state index in [-0.39, 0.29) is 11.5 Å². The van der Waals surface area contributed by atoms with E-state index in [9.17, 15) is 20.4 Å². The van der Waals surface area contributed by atoms with Crippen LogP contribution >= 0.6 is 12.6 Å². The van der Waals surface area contributed by atoms with Crippen molar-refractivity contribution in [3.8, 4) is 0 Å². The maximum Gasteiger partial charge on any atom is 0.184 e. The third kappa shape index (κ3) is 5.59. The van der Waals surface area contributed by atoms with Crippen LogP contribution in [0.1, 0.15) is 105 Å². The van der Waals surface area contributed by atoms with Crippen LogP contribution in [0.3, 0.4) is 0 Å². The Hall–Kier alpha value is -0.150. The Morgan fingerprint density at radius 2 is 1.73 bits per heavy atom. The van der Waals surface area contributed by atoms with Crippen molar-refractivity contribution in [2.24, 2.45) is 46.3 Å². The Morgan fingerprint density at radius 3 is 2.45 bits per heavy atom. The lowest BCUT2D eigenvalue weighted by Crippen LogP contribution is -2.60. The van der Waals surface area contributed by atoms with Crippen LogP contribution in [-0.2, 0) is 9.47 Å². The standard InChI is InChI=1S/C33H56O6S/c1-18(2)7-6-8-19(3)23-11-12-24-22-10-9-20-17-21(13-15-32(20,4)25(22)14-16-33(23,24)5)38-30(37)29-27(35)26(34)28(36)31(40)39-29/h9,18-19,21-31,34-37,40H,6-8,10-17H2,1-5H3/t19-,21?,22?,23-,24?,25?,26+,27-,28-,29+,30?,31?,32+,33-/m1/s1. The molecule has 5 aliphatic rings. The third-order valence-electron chi connectivity index (χ3n) is 12.5. The summed E-state index contributed by atoms with van der Waals surface area (Å²) in [5, 5.41) is 41.2. The van der Waals surface area contributed by atoms with Crippen molar-refractivity contribution in [1.29, 1.82) is 0 Å². The molecule has 0 aromatic heterocycles. The molecule has 7 heteroatoms. The molecule has 3 saturated carbocycles. The Balaban J connectivity index is 1.22. The molecule has 1 aliphatic heterocycles. The molecule has 6 unspecified atom stereocenters. The normalized spacial score (nSPS) is 48.6. The molecule has 0 bridgehead atoms. The Bertz CT molecular complexity index is 911. The molecule has 40 heavy (non-hydrogen) atoms. The lowest BCUT2D eigenvalue weighted by Gasteiger charge is -2.58. The average Bonchev–Trinajstić information content (AvgIpc) is 3.26. The molecule has 14 atom stereocenters. The van der Waals surface area contributed by atoms with Crippen molar-refractivity contribution in [1.82, 2.24) is 0 Å². The van der Waals surface area contributed by atoms with Gasteiger partial charge >= 0.3 is 0 Å². The van der Waals surface area contributed by atoms with Gasteiger partial charge < -0.3 is 29.9 Å². The highest BCUT2D eigenvalue weighted by atomic mass is 32.1. The number of allylic oxidation sites excluding steroid dienone is 1. The van der Waals surface area contributed by atoms with Crippen LogP contribution in [0.4, 0.5) is 0 Å². The van der Waals surface area contributed by atoms with Crippen molar-refractivity contribution >= 4 is 12.6 Å². The zero-order valence-corrected chi connectivity index (χ0v) is 26.3. The van der Waals surface area contributed by atoms with Gasteiger partial charge in [-0.1, -0.05) is 65.5 Å². The lowest BCUT2D eigenvalue weighted by atomic mass is 9.47. The molecule has 1 saturated heterocycles. The number of ether oxygens (including phenoxy) is 2. The van der Waals surface area contributed by atoms with Gasteiger partial charge in [0.2, 0.25) is 0 Å². The summed E-state index contributed by atoms with van der Waals surface area (Å²) in [4.78, 5) is 0. The van der Waals surface area contributed by atoms with Crippen LogP contribution in [0.5, 0.6) is 0 Å². The first kappa shape index (κ1) is 31.3. The van der Waals surface area contributed by atoms with Crippen molar-refractivity contribution in [3.63, 3.8) is 0 Å². The van der Waals surface area contributed by atoms with E-state index < -0.39 is 36.1 Å². The molecule has 230 valence electrons. The van der Waals surface area contributed by atoms with E-state index in [1.165, 1.54) is 50.5 Å². The minimum Gasteiger partial charge on any atom is -0.387 e. The van der Waals surface area contributed by atoms with Crippen molar-refractivity contribution in [2.45, 2.75) is 147 Å². The predicted molar refractivity (Wildman–Crippen MR) is 160 cm³/mol. The van der Waals surface area contributed by atoms with Gasteiger partial charge in [0.15, 0.2) is 6.29 Å². The van der Waals surface area contributed by atoms with Gasteiger partial charge in [0.25, 0.3) is 0 Å². The van der Waals surface area contributed by atoms with Gasteiger partial charge in [0.1, 0.15) is 29.9 Å². The van der Waals surface area contributed by atoms with Crippen LogP contribution in [0, 0.1) is 46.3 Å². The summed E-state index contributed by atoms with van der Waals surface area (Å²) in [5.74, 6) is 4.81. The number of aliphatic hydroxyl groups excluding tert-OH is 4. The minimum atomic E-state index is -1.44. The second kappa shape index (κ2) is 12.1. The van der Waals surface area contributed by atoms with Gasteiger partial charge in [0, 0.05) is 0 Å². The Morgan fingerprint density at radius 1 is 0.975 bits per heavy atom. The summed E-state index contributed by atoms with van der Waals surface area (Å²) in [6, 6.07) is 0. The highest BCUT2D eigenvalue weighted by Gasteiger charge is 2.59. The number of thiol groups is 1. The van der Waals surface area contributed by atoms with E-state index in [1.54, 1.807) is 0 Å². The summed E-state index contributed by atoms with van der Waals surface area (Å²) in [7, 11) is 0. The predicted octanol–water partition coefficient (Wildman–Crippen LogP) is 5.47. The molecule has 6 nitrogen and oxygen atoms in total. The molecule has 4 fully saturated rings. The fourth-order valence-corrected chi connectivity index (χ4v) is 10.5. The number of hydrogen-bond acceptors (Lipinski definition) is 7. The second-order valence-corrected chi connectivity index (χ2v) is 15.7. The van der Waals surface area contributed by atoms with E-state index in [2.05, 4.69) is 53.3 Å². The molecule has 5 rings (SSSR count). The van der Waals surface area contributed by atoms with Crippen molar-refractivity contribution in [3.05, 3.63) is 11.6 Å². The van der Waals surface area contributed by atoms with E-state index in [1.807, 2.05) is 0 Å². The Kier molecular flexibility index (Phi) is 9.45. The first-order chi connectivity index (χ1) is 18.9. The van der Waals surface area contributed by atoms with E-state index in [0.717, 1.165) is 61.2 Å². The number of aliphatic hydroxyl groups is 4. The highest BCUT2D eigenvalue weighted by Crippen LogP contribution is 2.67. The van der Waals surface area contributed by atoms with Crippen LogP contribution in [0.15, 0.2) is 11.6 Å². The van der Waals surface area contributed by atoms with Gasteiger partial charge in [-0.05, 0) is 97.7 Å². The minimum absolute atomic E-state index is 0.166.